The second-order valence-electron chi connectivity index (χ2n) is 6.68. The first-order chi connectivity index (χ1) is 15.2. The Bertz CT molecular complexity index is 1260. The molecule has 0 saturated carbocycles. The Hall–Kier alpha value is -3.18. The number of nitrogens with one attached hydrogen (secondary N) is 2. The topological polar surface area (TPSA) is 102 Å². The molecule has 0 aromatic heterocycles. The van der Waals surface area contributed by atoms with Gasteiger partial charge in [0, 0.05) is 5.56 Å². The molecule has 2 amide bonds. The molecule has 0 spiro atoms. The molecular weight excluding hydrogens is 543 g/mol. The molecule has 0 radical (unpaired) electrons. The van der Waals surface area contributed by atoms with E-state index in [1.165, 1.54) is 6.08 Å². The van der Waals surface area contributed by atoms with Crippen LogP contribution in [0.4, 0.5) is 0 Å². The lowest BCUT2D eigenvalue weighted by molar-refractivity contribution is -0.116. The summed E-state index contributed by atoms with van der Waals surface area (Å²) in [6.07, 6.45) is 2.25. The standard InChI is InChI=1S/C23H19IN2O5S/c1-32(29,30)26-23(28)20(25-22(27)17-7-3-2-4-8-17)15-16-11-13-18(14-12-16)31-21-10-6-5-9-19(21)24/h2-15H,1H3,(H,25,27)(H,26,28)/b20-15-. The highest BCUT2D eigenvalue weighted by atomic mass is 127. The van der Waals surface area contributed by atoms with Crippen LogP contribution < -0.4 is 14.8 Å². The molecule has 0 aliphatic rings. The molecule has 7 nitrogen and oxygen atoms in total. The molecule has 3 aromatic rings. The van der Waals surface area contributed by atoms with E-state index in [2.05, 4.69) is 27.9 Å². The fourth-order valence-corrected chi connectivity index (χ4v) is 3.56. The quantitative estimate of drug-likeness (QED) is 0.336. The van der Waals surface area contributed by atoms with Gasteiger partial charge in [0.2, 0.25) is 10.0 Å². The molecular formula is C23H19IN2O5S. The molecule has 0 aliphatic heterocycles. The highest BCUT2D eigenvalue weighted by molar-refractivity contribution is 14.1. The number of rotatable bonds is 7. The zero-order valence-corrected chi connectivity index (χ0v) is 19.9. The molecule has 0 atom stereocenters. The van der Waals surface area contributed by atoms with E-state index in [4.69, 9.17) is 4.74 Å². The Kier molecular flexibility index (Phi) is 7.65. The summed E-state index contributed by atoms with van der Waals surface area (Å²) in [7, 11) is -3.82. The maximum Gasteiger partial charge on any atom is 0.281 e. The molecule has 3 rings (SSSR count). The van der Waals surface area contributed by atoms with Crippen LogP contribution in [-0.4, -0.2) is 26.5 Å². The van der Waals surface area contributed by atoms with E-state index in [1.54, 1.807) is 54.6 Å². The van der Waals surface area contributed by atoms with Crippen molar-refractivity contribution in [3.05, 3.63) is 99.3 Å². The van der Waals surface area contributed by atoms with Crippen molar-refractivity contribution in [2.75, 3.05) is 6.26 Å². The molecule has 164 valence electrons. The van der Waals surface area contributed by atoms with Gasteiger partial charge in [0.1, 0.15) is 17.2 Å². The van der Waals surface area contributed by atoms with Crippen molar-refractivity contribution in [3.63, 3.8) is 0 Å². The van der Waals surface area contributed by atoms with Crippen molar-refractivity contribution >= 4 is 50.5 Å². The highest BCUT2D eigenvalue weighted by Gasteiger charge is 2.17. The number of ether oxygens (including phenoxy) is 1. The van der Waals surface area contributed by atoms with Crippen LogP contribution in [0.2, 0.25) is 0 Å². The van der Waals surface area contributed by atoms with Crippen LogP contribution in [-0.2, 0) is 14.8 Å². The summed E-state index contributed by atoms with van der Waals surface area (Å²) < 4.78 is 31.7. The first-order valence-electron chi connectivity index (χ1n) is 9.34. The Morgan fingerprint density at radius 3 is 2.16 bits per heavy atom. The third-order valence-electron chi connectivity index (χ3n) is 4.06. The summed E-state index contributed by atoms with van der Waals surface area (Å²) in [5, 5.41) is 2.48. The van der Waals surface area contributed by atoms with Gasteiger partial charge in [0.05, 0.1) is 9.83 Å². The lowest BCUT2D eigenvalue weighted by Crippen LogP contribution is -2.37. The van der Waals surface area contributed by atoms with E-state index in [0.717, 1.165) is 9.83 Å². The van der Waals surface area contributed by atoms with Gasteiger partial charge in [-0.3, -0.25) is 9.59 Å². The van der Waals surface area contributed by atoms with Crippen molar-refractivity contribution in [3.8, 4) is 11.5 Å². The summed E-state index contributed by atoms with van der Waals surface area (Å²) in [4.78, 5) is 25.0. The first kappa shape index (κ1) is 23.5. The van der Waals surface area contributed by atoms with Crippen LogP contribution in [0.3, 0.4) is 0 Å². The van der Waals surface area contributed by atoms with Crippen molar-refractivity contribution in [1.29, 1.82) is 0 Å². The number of carbonyl (C=O) groups excluding carboxylic acids is 2. The fourth-order valence-electron chi connectivity index (χ4n) is 2.62. The summed E-state index contributed by atoms with van der Waals surface area (Å²) in [5.41, 5.74) is 0.675. The molecule has 0 aliphatic carbocycles. The smallest absolute Gasteiger partial charge is 0.281 e. The second kappa shape index (κ2) is 10.4. The number of hydrogen-bond donors (Lipinski definition) is 2. The van der Waals surface area contributed by atoms with Crippen LogP contribution in [0, 0.1) is 3.57 Å². The number of para-hydroxylation sites is 1. The van der Waals surface area contributed by atoms with Gasteiger partial charge in [-0.05, 0) is 70.6 Å². The van der Waals surface area contributed by atoms with Crippen molar-refractivity contribution in [2.45, 2.75) is 0 Å². The van der Waals surface area contributed by atoms with Crippen LogP contribution in [0.1, 0.15) is 15.9 Å². The van der Waals surface area contributed by atoms with Gasteiger partial charge in [-0.2, -0.15) is 0 Å². The highest BCUT2D eigenvalue weighted by Crippen LogP contribution is 2.26. The number of halogens is 1. The zero-order chi connectivity index (χ0) is 23.1. The minimum absolute atomic E-state index is 0.212. The number of benzene rings is 3. The van der Waals surface area contributed by atoms with Crippen LogP contribution >= 0.6 is 22.6 Å². The third kappa shape index (κ3) is 6.92. The molecule has 32 heavy (non-hydrogen) atoms. The molecule has 3 aromatic carbocycles. The largest absolute Gasteiger partial charge is 0.456 e. The van der Waals surface area contributed by atoms with Crippen LogP contribution in [0.15, 0.2) is 84.6 Å². The number of sulfonamides is 1. The van der Waals surface area contributed by atoms with Crippen molar-refractivity contribution < 1.29 is 22.7 Å². The van der Waals surface area contributed by atoms with Gasteiger partial charge >= 0.3 is 0 Å². The molecule has 0 heterocycles. The number of hydrogen-bond acceptors (Lipinski definition) is 5. The molecule has 0 bridgehead atoms. The van der Waals surface area contributed by atoms with Crippen LogP contribution in [0.25, 0.3) is 6.08 Å². The lowest BCUT2D eigenvalue weighted by Gasteiger charge is -2.11. The zero-order valence-electron chi connectivity index (χ0n) is 16.9. The SMILES string of the molecule is CS(=O)(=O)NC(=O)/C(=C/c1ccc(Oc2ccccc2I)cc1)NC(=O)c1ccccc1. The van der Waals surface area contributed by atoms with Gasteiger partial charge in [-0.1, -0.05) is 42.5 Å². The Morgan fingerprint density at radius 2 is 1.53 bits per heavy atom. The molecule has 9 heteroatoms. The minimum Gasteiger partial charge on any atom is -0.456 e. The van der Waals surface area contributed by atoms with E-state index in [-0.39, 0.29) is 5.70 Å². The van der Waals surface area contributed by atoms with Crippen molar-refractivity contribution in [1.82, 2.24) is 10.0 Å². The first-order valence-corrected chi connectivity index (χ1v) is 12.3. The summed E-state index contributed by atoms with van der Waals surface area (Å²) >= 11 is 2.18. The Balaban J connectivity index is 1.84. The molecule has 0 unspecified atom stereocenters. The third-order valence-corrected chi connectivity index (χ3v) is 5.51. The Morgan fingerprint density at radius 1 is 0.906 bits per heavy atom. The molecule has 0 saturated heterocycles. The average Bonchev–Trinajstić information content (AvgIpc) is 2.75. The maximum absolute atomic E-state index is 12.5. The molecule has 0 fully saturated rings. The van der Waals surface area contributed by atoms with Crippen molar-refractivity contribution in [2.24, 2.45) is 0 Å². The normalized spacial score (nSPS) is 11.5. The van der Waals surface area contributed by atoms with Gasteiger partial charge in [0.25, 0.3) is 11.8 Å². The Labute approximate surface area is 199 Å². The van der Waals surface area contributed by atoms with E-state index < -0.39 is 21.8 Å². The number of amides is 2. The van der Waals surface area contributed by atoms with E-state index >= 15 is 0 Å². The summed E-state index contributed by atoms with van der Waals surface area (Å²) in [5.74, 6) is -0.198. The van der Waals surface area contributed by atoms with E-state index in [9.17, 15) is 18.0 Å². The van der Waals surface area contributed by atoms with Gasteiger partial charge in [0.15, 0.2) is 0 Å². The van der Waals surface area contributed by atoms with E-state index in [0.29, 0.717) is 22.6 Å². The van der Waals surface area contributed by atoms with E-state index in [1.807, 2.05) is 29.0 Å². The lowest BCUT2D eigenvalue weighted by atomic mass is 10.1. The summed E-state index contributed by atoms with van der Waals surface area (Å²) in [6, 6.07) is 22.6. The van der Waals surface area contributed by atoms with Gasteiger partial charge in [-0.15, -0.1) is 0 Å². The monoisotopic (exact) mass is 562 g/mol. The maximum atomic E-state index is 12.5. The summed E-state index contributed by atoms with van der Waals surface area (Å²) in [6.45, 7) is 0. The van der Waals surface area contributed by atoms with Gasteiger partial charge in [-0.25, -0.2) is 13.1 Å². The van der Waals surface area contributed by atoms with Gasteiger partial charge < -0.3 is 10.1 Å². The minimum atomic E-state index is -3.82. The number of carbonyl (C=O) groups is 2. The second-order valence-corrected chi connectivity index (χ2v) is 9.59. The fraction of sp³-hybridized carbons (Fsp3) is 0.0435. The predicted octanol–water partition coefficient (Wildman–Crippen LogP) is 3.93. The predicted molar refractivity (Wildman–Crippen MR) is 131 cm³/mol. The average molecular weight is 562 g/mol. The molecule has 2 N–H and O–H groups in total. The van der Waals surface area contributed by atoms with Crippen LogP contribution in [0.5, 0.6) is 11.5 Å².